The van der Waals surface area contributed by atoms with Crippen molar-refractivity contribution in [2.24, 2.45) is 0 Å². The fraction of sp³-hybridized carbons (Fsp3) is 0.143. The van der Waals surface area contributed by atoms with Crippen LogP contribution < -0.4 is 5.32 Å². The maximum absolute atomic E-state index is 13.3. The van der Waals surface area contributed by atoms with Crippen molar-refractivity contribution >= 4 is 11.9 Å². The maximum atomic E-state index is 13.3. The summed E-state index contributed by atoms with van der Waals surface area (Å²) in [5.74, 6) is -1.65. The first-order valence-corrected chi connectivity index (χ1v) is 8.80. The number of halogens is 1. The molecule has 3 rings (SSSR count). The second-order valence-electron chi connectivity index (χ2n) is 6.01. The minimum absolute atomic E-state index is 0.144. The number of nitriles is 1. The zero-order valence-corrected chi connectivity index (χ0v) is 15.3. The average molecular weight is 392 g/mol. The van der Waals surface area contributed by atoms with E-state index in [9.17, 15) is 14.0 Å². The third-order valence-corrected chi connectivity index (χ3v) is 3.97. The summed E-state index contributed by atoms with van der Waals surface area (Å²) in [4.78, 5) is 24.3. The van der Waals surface area contributed by atoms with Crippen LogP contribution in [0.3, 0.4) is 0 Å². The first-order chi connectivity index (χ1) is 14.1. The quantitative estimate of drug-likeness (QED) is 0.493. The van der Waals surface area contributed by atoms with Crippen LogP contribution in [-0.4, -0.2) is 34.8 Å². The Morgan fingerprint density at radius 2 is 1.86 bits per heavy atom. The highest BCUT2D eigenvalue weighted by atomic mass is 19.1. The van der Waals surface area contributed by atoms with Crippen molar-refractivity contribution in [3.05, 3.63) is 72.2 Å². The Labute approximate surface area is 166 Å². The summed E-state index contributed by atoms with van der Waals surface area (Å²) in [7, 11) is 0. The van der Waals surface area contributed by atoms with Gasteiger partial charge in [-0.3, -0.25) is 4.79 Å². The molecule has 8 heteroatoms. The lowest BCUT2D eigenvalue weighted by Gasteiger charge is -2.05. The van der Waals surface area contributed by atoms with Gasteiger partial charge in [-0.15, -0.1) is 0 Å². The van der Waals surface area contributed by atoms with Crippen LogP contribution in [0.1, 0.15) is 16.8 Å². The molecule has 0 saturated carbocycles. The van der Waals surface area contributed by atoms with Crippen LogP contribution in [0.4, 0.5) is 4.39 Å². The van der Waals surface area contributed by atoms with Crippen molar-refractivity contribution in [3.63, 3.8) is 0 Å². The lowest BCUT2D eigenvalue weighted by molar-refractivity contribution is -0.124. The largest absolute Gasteiger partial charge is 0.452 e. The summed E-state index contributed by atoms with van der Waals surface area (Å²) < 4.78 is 19.9. The Morgan fingerprint density at radius 1 is 1.14 bits per heavy atom. The molecule has 0 saturated heterocycles. The van der Waals surface area contributed by atoms with E-state index >= 15 is 0 Å². The monoisotopic (exact) mass is 392 g/mol. The van der Waals surface area contributed by atoms with E-state index in [1.165, 1.54) is 35.1 Å². The Hall–Kier alpha value is -3.99. The van der Waals surface area contributed by atoms with E-state index in [0.717, 1.165) is 5.69 Å². The van der Waals surface area contributed by atoms with Gasteiger partial charge in [-0.05, 0) is 36.4 Å². The van der Waals surface area contributed by atoms with E-state index in [2.05, 4.69) is 10.4 Å². The number of carbonyl (C=O) groups excluding carboxylic acids is 2. The Bertz CT molecular complexity index is 1040. The van der Waals surface area contributed by atoms with Crippen LogP contribution in [0.2, 0.25) is 0 Å². The highest BCUT2D eigenvalue weighted by molar-refractivity contribution is 5.97. The van der Waals surface area contributed by atoms with Crippen molar-refractivity contribution in [1.82, 2.24) is 15.1 Å². The number of nitrogens with zero attached hydrogens (tertiary/aromatic N) is 3. The first kappa shape index (κ1) is 19.8. The molecule has 7 nitrogen and oxygen atoms in total. The number of ether oxygens (including phenoxy) is 1. The summed E-state index contributed by atoms with van der Waals surface area (Å²) in [6.45, 7) is -0.302. The molecule has 0 spiro atoms. The minimum Gasteiger partial charge on any atom is -0.452 e. The van der Waals surface area contributed by atoms with Gasteiger partial charge in [0.15, 0.2) is 6.61 Å². The summed E-state index contributed by atoms with van der Waals surface area (Å²) >= 11 is 0. The van der Waals surface area contributed by atoms with Crippen molar-refractivity contribution in [2.75, 3.05) is 13.2 Å². The number of benzene rings is 2. The molecule has 29 heavy (non-hydrogen) atoms. The number of aromatic nitrogens is 2. The van der Waals surface area contributed by atoms with E-state index in [4.69, 9.17) is 10.00 Å². The highest BCUT2D eigenvalue weighted by Gasteiger charge is 2.21. The molecule has 0 aliphatic heterocycles. The highest BCUT2D eigenvalue weighted by Crippen LogP contribution is 2.24. The van der Waals surface area contributed by atoms with Gasteiger partial charge in [-0.1, -0.05) is 18.2 Å². The van der Waals surface area contributed by atoms with Gasteiger partial charge >= 0.3 is 5.97 Å². The van der Waals surface area contributed by atoms with Gasteiger partial charge in [0.05, 0.1) is 18.2 Å². The van der Waals surface area contributed by atoms with E-state index in [0.29, 0.717) is 11.3 Å². The molecule has 0 fully saturated rings. The van der Waals surface area contributed by atoms with Gasteiger partial charge in [0.25, 0.3) is 5.91 Å². The number of carbonyl (C=O) groups is 2. The number of hydrogen-bond acceptors (Lipinski definition) is 5. The van der Waals surface area contributed by atoms with E-state index < -0.39 is 24.3 Å². The number of para-hydroxylation sites is 1. The molecule has 1 N–H and O–H groups in total. The smallest absolute Gasteiger partial charge is 0.342 e. The van der Waals surface area contributed by atoms with Crippen molar-refractivity contribution in [2.45, 2.75) is 6.42 Å². The van der Waals surface area contributed by atoms with Crippen LogP contribution in [0.5, 0.6) is 0 Å². The van der Waals surface area contributed by atoms with E-state index in [1.54, 1.807) is 0 Å². The number of amides is 1. The number of rotatable bonds is 7. The predicted octanol–water partition coefficient (Wildman–Crippen LogP) is 2.87. The molecule has 1 heterocycles. The number of hydrogen-bond donors (Lipinski definition) is 1. The van der Waals surface area contributed by atoms with Gasteiger partial charge in [-0.25, -0.2) is 13.9 Å². The fourth-order valence-corrected chi connectivity index (χ4v) is 2.57. The van der Waals surface area contributed by atoms with Crippen LogP contribution in [-0.2, 0) is 9.53 Å². The molecule has 0 aliphatic carbocycles. The third-order valence-electron chi connectivity index (χ3n) is 3.97. The third kappa shape index (κ3) is 5.05. The predicted molar refractivity (Wildman–Crippen MR) is 102 cm³/mol. The summed E-state index contributed by atoms with van der Waals surface area (Å²) in [6, 6.07) is 16.6. The lowest BCUT2D eigenvalue weighted by atomic mass is 10.1. The first-order valence-electron chi connectivity index (χ1n) is 8.80. The van der Waals surface area contributed by atoms with Gasteiger partial charge in [0.1, 0.15) is 17.1 Å². The molecule has 0 bridgehead atoms. The molecule has 146 valence electrons. The van der Waals surface area contributed by atoms with Crippen LogP contribution in [0, 0.1) is 17.1 Å². The lowest BCUT2D eigenvalue weighted by Crippen LogP contribution is -2.29. The van der Waals surface area contributed by atoms with Crippen LogP contribution >= 0.6 is 0 Å². The van der Waals surface area contributed by atoms with Crippen LogP contribution in [0.15, 0.2) is 60.8 Å². The van der Waals surface area contributed by atoms with Gasteiger partial charge in [0.2, 0.25) is 0 Å². The second-order valence-corrected chi connectivity index (χ2v) is 6.01. The second kappa shape index (κ2) is 9.28. The summed E-state index contributed by atoms with van der Waals surface area (Å²) in [5, 5.41) is 15.4. The summed E-state index contributed by atoms with van der Waals surface area (Å²) in [5.41, 5.74) is 1.71. The van der Waals surface area contributed by atoms with Gasteiger partial charge in [0, 0.05) is 18.3 Å². The van der Waals surface area contributed by atoms with Crippen molar-refractivity contribution < 1.29 is 18.7 Å². The number of esters is 1. The molecular formula is C21H17FN4O3. The molecule has 0 radical (unpaired) electrons. The Balaban J connectivity index is 1.85. The van der Waals surface area contributed by atoms with Crippen LogP contribution in [0.25, 0.3) is 16.9 Å². The molecule has 2 aromatic carbocycles. The molecule has 1 amide bonds. The van der Waals surface area contributed by atoms with E-state index in [1.807, 2.05) is 36.4 Å². The summed E-state index contributed by atoms with van der Waals surface area (Å²) in [6.07, 6.45) is 1.67. The molecule has 1 aromatic heterocycles. The van der Waals surface area contributed by atoms with Crippen molar-refractivity contribution in [1.29, 1.82) is 5.26 Å². The van der Waals surface area contributed by atoms with E-state index in [-0.39, 0.29) is 18.5 Å². The van der Waals surface area contributed by atoms with Gasteiger partial charge < -0.3 is 10.1 Å². The maximum Gasteiger partial charge on any atom is 0.342 e. The standard InChI is InChI=1S/C21H17FN4O3/c22-16-9-7-15(8-10-16)20-18(13-26(25-20)17-5-2-1-3-6-17)21(28)29-14-19(27)24-12-4-11-23/h1-3,5-10,13H,4,12,14H2,(H,24,27). The minimum atomic E-state index is -0.734. The Morgan fingerprint density at radius 3 is 2.55 bits per heavy atom. The Kier molecular flexibility index (Phi) is 6.32. The molecular weight excluding hydrogens is 375 g/mol. The molecule has 0 atom stereocenters. The molecule has 0 aliphatic rings. The topological polar surface area (TPSA) is 97.0 Å². The molecule has 3 aromatic rings. The molecule has 0 unspecified atom stereocenters. The van der Waals surface area contributed by atoms with Crippen molar-refractivity contribution in [3.8, 4) is 23.0 Å². The zero-order chi connectivity index (χ0) is 20.6. The SMILES string of the molecule is N#CCCNC(=O)COC(=O)c1cn(-c2ccccc2)nc1-c1ccc(F)cc1. The zero-order valence-electron chi connectivity index (χ0n) is 15.3. The number of nitrogens with one attached hydrogen (secondary N) is 1. The average Bonchev–Trinajstić information content (AvgIpc) is 3.19. The normalized spacial score (nSPS) is 10.2. The van der Waals surface area contributed by atoms with Gasteiger partial charge in [-0.2, -0.15) is 10.4 Å². The fourth-order valence-electron chi connectivity index (χ4n) is 2.57.